The van der Waals surface area contributed by atoms with Gasteiger partial charge < -0.3 is 20.9 Å². The predicted molar refractivity (Wildman–Crippen MR) is 164 cm³/mol. The van der Waals surface area contributed by atoms with Crippen molar-refractivity contribution in [2.75, 3.05) is 16.4 Å². The number of hydrogen-bond donors (Lipinski definition) is 2. The van der Waals surface area contributed by atoms with Crippen molar-refractivity contribution >= 4 is 73.9 Å². The van der Waals surface area contributed by atoms with Gasteiger partial charge in [0.05, 0.1) is 0 Å². The summed E-state index contributed by atoms with van der Waals surface area (Å²) >= 11 is 6.89. The molecule has 0 saturated carbocycles. The Morgan fingerprint density at radius 1 is 0.667 bits per heavy atom. The third-order valence-corrected chi connectivity index (χ3v) is 4.46. The van der Waals surface area contributed by atoms with E-state index in [0.717, 1.165) is 0 Å². The van der Waals surface area contributed by atoms with Gasteiger partial charge in [-0.25, -0.2) is 8.78 Å². The minimum Gasteiger partial charge on any atom is 0 e. The molecule has 2 aromatic carbocycles. The van der Waals surface area contributed by atoms with Gasteiger partial charge in [0, 0.05) is 76.9 Å². The Balaban J connectivity index is -0.000000145. The standard InChI is InChI=1S/C10H5F9NO.C7H6F2NO.C4H3F7.CH3I.CH4.2HI.V.2Y/c11-7(12)21-6-3-4(1-2-5(6)20)8(13,9(14,15)16)10(17,18)19;8-7(9)11-6-4-2-1-3-5(6)10;1-2(5,3(6,7)8)4(9,10)11;1-2;;;;;;/h1,3,7H,20H2;1-2,4,7H,10H2;1H3;1H3;1H4;2*1H;;;/q2*-1;;;;;;+2;;/p-2. The molecule has 0 saturated heterocycles. The number of nitrogens with two attached hydrogens (primary N) is 2. The molecule has 2 radical (unpaired) electrons. The zero-order valence-electron chi connectivity index (χ0n) is 24.1. The second kappa shape index (κ2) is 27.9. The smallest absolute Gasteiger partial charge is 0 e. The first-order valence-electron chi connectivity index (χ1n) is 10.8. The fraction of sp³-hybridized carbons (Fsp3) is 0.478. The third kappa shape index (κ3) is 22.0. The summed E-state index contributed by atoms with van der Waals surface area (Å²) in [5, 5.41) is 0. The average molecular weight is 1310 g/mol. The van der Waals surface area contributed by atoms with Crippen LogP contribution in [0.25, 0.3) is 0 Å². The van der Waals surface area contributed by atoms with Crippen molar-refractivity contribution in [3.63, 3.8) is 0 Å². The van der Waals surface area contributed by atoms with Crippen LogP contribution in [0.15, 0.2) is 30.3 Å². The summed E-state index contributed by atoms with van der Waals surface area (Å²) in [6, 6.07) is 8.30. The van der Waals surface area contributed by atoms with E-state index in [0.29, 0.717) is 9.47 Å². The number of rotatable bonds is 5. The third-order valence-electron chi connectivity index (χ3n) is 4.46. The van der Waals surface area contributed by atoms with E-state index < -0.39 is 73.2 Å². The van der Waals surface area contributed by atoms with Crippen LogP contribution in [0.2, 0.25) is 0 Å². The van der Waals surface area contributed by atoms with Crippen molar-refractivity contribution in [1.29, 1.82) is 0 Å². The molecular weight excluding hydrogens is 1290 g/mol. The van der Waals surface area contributed by atoms with Crippen LogP contribution >= 0.6 is 62.5 Å². The monoisotopic (exact) mass is 1310 g/mol. The van der Waals surface area contributed by atoms with Gasteiger partial charge in [0.25, 0.3) is 11.3 Å². The van der Waals surface area contributed by atoms with Gasteiger partial charge >= 0.3 is 87.4 Å². The minimum atomic E-state index is -6.38. The molecule has 0 fully saturated rings. The van der Waals surface area contributed by atoms with Gasteiger partial charge in [0.15, 0.2) is 0 Å². The summed E-state index contributed by atoms with van der Waals surface area (Å²) in [4.78, 5) is 1.97. The molecule has 28 heteroatoms. The zero-order valence-corrected chi connectivity index (χ0v) is 37.6. The first kappa shape index (κ1) is 64.3. The van der Waals surface area contributed by atoms with E-state index in [1.165, 1.54) is 18.2 Å². The Morgan fingerprint density at radius 2 is 1.00 bits per heavy atom. The molecular formula is C23H21F18I3N2O2VY2-2. The van der Waals surface area contributed by atoms with E-state index in [1.807, 2.05) is 4.93 Å². The van der Waals surface area contributed by atoms with Crippen molar-refractivity contribution in [3.05, 3.63) is 48.0 Å². The fourth-order valence-corrected chi connectivity index (χ4v) is 2.16. The van der Waals surface area contributed by atoms with Gasteiger partial charge in [-0.15, -0.1) is 12.1 Å². The molecule has 0 heterocycles. The Morgan fingerprint density at radius 3 is 1.27 bits per heavy atom. The molecule has 0 unspecified atom stereocenters. The van der Waals surface area contributed by atoms with E-state index in [1.54, 1.807) is 6.07 Å². The van der Waals surface area contributed by atoms with Crippen LogP contribution in [0.3, 0.4) is 0 Å². The van der Waals surface area contributed by atoms with Crippen molar-refractivity contribution in [2.24, 2.45) is 0 Å². The zero-order chi connectivity index (χ0) is 39.1. The Hall–Kier alpha value is 1.36. The first-order valence-corrected chi connectivity index (χ1v) is 22.0. The Bertz CT molecular complexity index is 1180. The Labute approximate surface area is 372 Å². The van der Waals surface area contributed by atoms with Crippen LogP contribution in [-0.4, -0.2) is 48.5 Å². The molecule has 4 N–H and O–H groups in total. The van der Waals surface area contributed by atoms with E-state index in [4.69, 9.17) is 11.5 Å². The van der Waals surface area contributed by atoms with Crippen molar-refractivity contribution in [1.82, 2.24) is 0 Å². The SMILES string of the molecule is C.CC(F)(C(F)(F)F)C(F)(F)F.CI.Nc1[c-]cc(C(F)(C(F)(F)F)C(F)(F)F)cc1OC(F)F.Nc1[c-]cccc1OC(F)F.[I][V][I].[Y].[Y]. The summed E-state index contributed by atoms with van der Waals surface area (Å²) < 4.78 is 222. The van der Waals surface area contributed by atoms with Crippen LogP contribution in [-0.2, 0) is 80.6 Å². The molecule has 0 bridgehead atoms. The molecule has 0 aliphatic carbocycles. The van der Waals surface area contributed by atoms with Crippen LogP contribution in [0.5, 0.6) is 11.5 Å². The molecule has 0 spiro atoms. The first-order chi connectivity index (χ1) is 21.4. The van der Waals surface area contributed by atoms with E-state index >= 15 is 0 Å². The quantitative estimate of drug-likeness (QED) is 0.103. The van der Waals surface area contributed by atoms with Crippen LogP contribution in [0.4, 0.5) is 90.4 Å². The molecule has 0 atom stereocenters. The van der Waals surface area contributed by atoms with Crippen molar-refractivity contribution in [3.8, 4) is 11.5 Å². The van der Waals surface area contributed by atoms with Crippen molar-refractivity contribution in [2.45, 2.75) is 63.6 Å². The molecule has 0 aliphatic rings. The van der Waals surface area contributed by atoms with E-state index in [9.17, 15) is 79.0 Å². The van der Waals surface area contributed by atoms with Crippen LogP contribution in [0.1, 0.15) is 19.9 Å². The Kier molecular flexibility index (Phi) is 35.1. The summed E-state index contributed by atoms with van der Waals surface area (Å²) in [7, 11) is 0.628. The second-order valence-corrected chi connectivity index (χ2v) is 19.4. The largest absolute Gasteiger partial charge is 0 e. The number of halogens is 21. The minimum absolute atomic E-state index is 0. The maximum Gasteiger partial charge on any atom is 0 e. The number of para-hydroxylation sites is 1. The van der Waals surface area contributed by atoms with Crippen LogP contribution in [0, 0.1) is 12.1 Å². The van der Waals surface area contributed by atoms with Gasteiger partial charge in [-0.3, -0.25) is 0 Å². The molecule has 295 valence electrons. The molecule has 51 heavy (non-hydrogen) atoms. The van der Waals surface area contributed by atoms with Gasteiger partial charge in [-0.05, 0) is 23.2 Å². The number of nitrogen functional groups attached to an aromatic ring is 2. The van der Waals surface area contributed by atoms with Crippen LogP contribution < -0.4 is 20.9 Å². The molecule has 0 aromatic heterocycles. The summed E-state index contributed by atoms with van der Waals surface area (Å²) in [5.41, 5.74) is -3.37. The number of hydrogen-bond acceptors (Lipinski definition) is 4. The number of alkyl halides is 19. The predicted octanol–water partition coefficient (Wildman–Crippen LogP) is 11.9. The average Bonchev–Trinajstić information content (AvgIpc) is 2.90. The van der Waals surface area contributed by atoms with Crippen molar-refractivity contribution < 1.29 is 163 Å². The molecule has 2 aromatic rings. The normalized spacial score (nSPS) is 11.5. The van der Waals surface area contributed by atoms with Gasteiger partial charge in [-0.1, -0.05) is 35.6 Å². The molecule has 0 amide bonds. The molecule has 2 rings (SSSR count). The summed E-state index contributed by atoms with van der Waals surface area (Å²) in [6.45, 7) is -6.98. The summed E-state index contributed by atoms with van der Waals surface area (Å²) in [5.74, 6) is -1.29. The fourth-order valence-electron chi connectivity index (χ4n) is 2.16. The van der Waals surface area contributed by atoms with Gasteiger partial charge in [0.1, 0.15) is 0 Å². The summed E-state index contributed by atoms with van der Waals surface area (Å²) in [6.07, 6.45) is -24.6. The second-order valence-electron chi connectivity index (χ2n) is 7.59. The number of ether oxygens (including phenoxy) is 2. The van der Waals surface area contributed by atoms with Gasteiger partial charge in [0.2, 0.25) is 0 Å². The maximum absolute atomic E-state index is 13.6. The number of benzene rings is 2. The number of anilines is 2. The molecule has 0 aliphatic heterocycles. The van der Waals surface area contributed by atoms with Gasteiger partial charge in [-0.2, -0.15) is 101 Å². The van der Waals surface area contributed by atoms with E-state index in [2.05, 4.69) is 78.1 Å². The molecule has 4 nitrogen and oxygen atoms in total. The van der Waals surface area contributed by atoms with E-state index in [-0.39, 0.29) is 96.4 Å². The topological polar surface area (TPSA) is 70.5 Å². The maximum atomic E-state index is 13.6.